The van der Waals surface area contributed by atoms with Crippen LogP contribution in [0.3, 0.4) is 0 Å². The molecule has 0 bridgehead atoms. The van der Waals surface area contributed by atoms with Crippen molar-refractivity contribution in [3.63, 3.8) is 0 Å². The monoisotopic (exact) mass is 514 g/mol. The summed E-state index contributed by atoms with van der Waals surface area (Å²) in [5.74, 6) is -0.911. The summed E-state index contributed by atoms with van der Waals surface area (Å²) in [7, 11) is 0. The van der Waals surface area contributed by atoms with Crippen molar-refractivity contribution in [3.05, 3.63) is 100 Å². The van der Waals surface area contributed by atoms with Crippen molar-refractivity contribution in [1.29, 1.82) is 0 Å². The highest BCUT2D eigenvalue weighted by Crippen LogP contribution is 2.38. The van der Waals surface area contributed by atoms with Crippen LogP contribution in [-0.2, 0) is 9.59 Å². The number of amides is 2. The molecule has 0 aliphatic carbocycles. The van der Waals surface area contributed by atoms with Crippen molar-refractivity contribution in [2.75, 3.05) is 5.32 Å². The second-order valence-electron chi connectivity index (χ2n) is 9.50. The van der Waals surface area contributed by atoms with E-state index in [2.05, 4.69) is 10.3 Å². The number of carbonyl (C=O) groups excluding carboxylic acids is 2. The molecule has 1 N–H and O–H groups in total. The van der Waals surface area contributed by atoms with Gasteiger partial charge in [-0.2, -0.15) is 10.1 Å². The van der Waals surface area contributed by atoms with Crippen molar-refractivity contribution < 1.29 is 14.0 Å². The number of hydrazone groups is 1. The minimum absolute atomic E-state index is 0.00702. The summed E-state index contributed by atoms with van der Waals surface area (Å²) in [5, 5.41) is 9.29. The number of carbonyl (C=O) groups is 2. The molecule has 188 valence electrons. The van der Waals surface area contributed by atoms with Crippen molar-refractivity contribution in [3.8, 4) is 0 Å². The van der Waals surface area contributed by atoms with Gasteiger partial charge in [0, 0.05) is 18.5 Å². The molecule has 3 aromatic carbocycles. The Balaban J connectivity index is 1.35. The molecular weight excluding hydrogens is 487 g/mol. The van der Waals surface area contributed by atoms with Crippen LogP contribution >= 0.6 is 11.8 Å². The molecule has 37 heavy (non-hydrogen) atoms. The van der Waals surface area contributed by atoms with Gasteiger partial charge in [-0.25, -0.2) is 9.40 Å². The smallest absolute Gasteiger partial charge is 0.262 e. The third-order valence-corrected chi connectivity index (χ3v) is 7.49. The Bertz CT molecular complexity index is 1400. The molecule has 2 heterocycles. The van der Waals surface area contributed by atoms with Crippen molar-refractivity contribution in [2.45, 2.75) is 44.9 Å². The van der Waals surface area contributed by atoms with E-state index in [0.717, 1.165) is 33.5 Å². The maximum Gasteiger partial charge on any atom is 0.262 e. The van der Waals surface area contributed by atoms with E-state index >= 15 is 0 Å². The van der Waals surface area contributed by atoms with Gasteiger partial charge in [-0.15, -0.1) is 0 Å². The summed E-state index contributed by atoms with van der Waals surface area (Å²) >= 11 is 1.25. The minimum Gasteiger partial charge on any atom is -0.326 e. The molecule has 0 saturated carbocycles. The van der Waals surface area contributed by atoms with Crippen LogP contribution in [0.5, 0.6) is 0 Å². The maximum absolute atomic E-state index is 13.6. The quantitative estimate of drug-likeness (QED) is 0.458. The molecule has 0 fully saturated rings. The van der Waals surface area contributed by atoms with Crippen molar-refractivity contribution in [1.82, 2.24) is 5.01 Å². The fourth-order valence-corrected chi connectivity index (χ4v) is 5.64. The van der Waals surface area contributed by atoms with E-state index in [9.17, 15) is 14.0 Å². The van der Waals surface area contributed by atoms with Gasteiger partial charge < -0.3 is 5.32 Å². The first-order chi connectivity index (χ1) is 17.7. The second kappa shape index (κ2) is 10.3. The number of halogens is 1. The van der Waals surface area contributed by atoms with Gasteiger partial charge in [0.2, 0.25) is 5.91 Å². The summed E-state index contributed by atoms with van der Waals surface area (Å²) < 4.78 is 13.6. The van der Waals surface area contributed by atoms with Gasteiger partial charge in [0.05, 0.1) is 11.8 Å². The Morgan fingerprint density at radius 2 is 1.68 bits per heavy atom. The number of anilines is 1. The normalized spacial score (nSPS) is 19.1. The summed E-state index contributed by atoms with van der Waals surface area (Å²) in [6, 6.07) is 20.0. The third kappa shape index (κ3) is 5.64. The summed E-state index contributed by atoms with van der Waals surface area (Å²) in [6.45, 7) is 5.97. The van der Waals surface area contributed by atoms with Gasteiger partial charge in [0.25, 0.3) is 5.91 Å². The molecule has 2 aliphatic heterocycles. The van der Waals surface area contributed by atoms with Gasteiger partial charge in [-0.3, -0.25) is 9.59 Å². The van der Waals surface area contributed by atoms with Crippen LogP contribution in [0.2, 0.25) is 0 Å². The van der Waals surface area contributed by atoms with E-state index in [4.69, 9.17) is 5.10 Å². The van der Waals surface area contributed by atoms with E-state index < -0.39 is 5.25 Å². The van der Waals surface area contributed by atoms with Crippen molar-refractivity contribution in [2.24, 2.45) is 10.1 Å². The fourth-order valence-electron chi connectivity index (χ4n) is 4.58. The first kappa shape index (κ1) is 24.9. The number of benzene rings is 3. The first-order valence-electron chi connectivity index (χ1n) is 12.1. The fraction of sp³-hybridized carbons (Fsp3) is 0.241. The van der Waals surface area contributed by atoms with Crippen LogP contribution in [-0.4, -0.2) is 33.0 Å². The predicted molar refractivity (Wildman–Crippen MR) is 146 cm³/mol. The molecule has 3 aromatic rings. The molecule has 0 radical (unpaired) electrons. The molecule has 2 amide bonds. The molecule has 2 aliphatic rings. The molecule has 0 saturated heterocycles. The highest BCUT2D eigenvalue weighted by molar-refractivity contribution is 8.15. The van der Waals surface area contributed by atoms with Gasteiger partial charge >= 0.3 is 0 Å². The molecular formula is C29H27FN4O2S. The Morgan fingerprint density at radius 3 is 2.35 bits per heavy atom. The number of thioether (sulfide) groups is 1. The van der Waals surface area contributed by atoms with E-state index in [1.165, 1.54) is 23.9 Å². The Hall–Kier alpha value is -3.78. The number of aliphatic imine (C=N–C) groups is 1. The van der Waals surface area contributed by atoms with Crippen molar-refractivity contribution >= 4 is 40.1 Å². The number of hydrogen-bond donors (Lipinski definition) is 1. The van der Waals surface area contributed by atoms with E-state index in [-0.39, 0.29) is 30.1 Å². The second-order valence-corrected chi connectivity index (χ2v) is 10.7. The molecule has 0 unspecified atom stereocenters. The SMILES string of the molecule is Cc1ccc(C2=NN(C3=NC(=O)[C@H](CC(=O)Nc4cc(C)cc(C)c4)S3)[C@H](c3ccc(F)cc3)C2)cc1. The highest BCUT2D eigenvalue weighted by atomic mass is 32.2. The van der Waals surface area contributed by atoms with Gasteiger partial charge in [0.1, 0.15) is 11.1 Å². The number of nitrogens with one attached hydrogen (secondary N) is 1. The lowest BCUT2D eigenvalue weighted by atomic mass is 9.98. The molecule has 2 atom stereocenters. The van der Waals surface area contributed by atoms with Crippen LogP contribution in [0.25, 0.3) is 0 Å². The number of aryl methyl sites for hydroxylation is 3. The topological polar surface area (TPSA) is 74.1 Å². The Kier molecular flexibility index (Phi) is 6.93. The van der Waals surface area contributed by atoms with Crippen LogP contribution < -0.4 is 5.32 Å². The first-order valence-corrected chi connectivity index (χ1v) is 13.0. The highest BCUT2D eigenvalue weighted by Gasteiger charge is 2.39. The number of nitrogens with zero attached hydrogens (tertiary/aromatic N) is 3. The Morgan fingerprint density at radius 1 is 1.00 bits per heavy atom. The van der Waals surface area contributed by atoms with E-state index in [0.29, 0.717) is 17.3 Å². The molecule has 5 rings (SSSR count). The van der Waals surface area contributed by atoms with Gasteiger partial charge in [-0.1, -0.05) is 59.8 Å². The standard InChI is InChI=1S/C29H27FN4O2S/c1-17-4-6-20(7-5-17)24-15-25(21-8-10-22(30)11-9-21)34(33-24)29-32-28(36)26(37-29)16-27(35)31-23-13-18(2)12-19(3)14-23/h4-14,25-26H,15-16H2,1-3H3,(H,31,35)/t25-,26-/m0/s1. The van der Waals surface area contributed by atoms with Gasteiger partial charge in [-0.05, 0) is 67.3 Å². The average Bonchev–Trinajstić information content (AvgIpc) is 3.43. The van der Waals surface area contributed by atoms with Crippen LogP contribution in [0, 0.1) is 26.6 Å². The largest absolute Gasteiger partial charge is 0.326 e. The minimum atomic E-state index is -0.631. The zero-order chi connectivity index (χ0) is 26.1. The Labute approximate surface area is 219 Å². The summed E-state index contributed by atoms with van der Waals surface area (Å²) in [6.07, 6.45) is 0.591. The van der Waals surface area contributed by atoms with Gasteiger partial charge in [0.15, 0.2) is 5.17 Å². The number of hydrogen-bond acceptors (Lipinski definition) is 5. The number of rotatable bonds is 5. The third-order valence-electron chi connectivity index (χ3n) is 6.35. The molecule has 0 aromatic heterocycles. The molecule has 0 spiro atoms. The number of amidine groups is 1. The van der Waals surface area contributed by atoms with Crippen LogP contribution in [0.1, 0.15) is 46.7 Å². The summed E-state index contributed by atoms with van der Waals surface area (Å²) in [4.78, 5) is 29.8. The van der Waals surface area contributed by atoms with Crippen LogP contribution in [0.15, 0.2) is 76.8 Å². The van der Waals surface area contributed by atoms with Crippen LogP contribution in [0.4, 0.5) is 10.1 Å². The predicted octanol–water partition coefficient (Wildman–Crippen LogP) is 5.93. The van der Waals surface area contributed by atoms with E-state index in [1.807, 2.05) is 63.2 Å². The lowest BCUT2D eigenvalue weighted by Crippen LogP contribution is -2.25. The molecule has 6 nitrogen and oxygen atoms in total. The zero-order valence-corrected chi connectivity index (χ0v) is 21.7. The lowest BCUT2D eigenvalue weighted by molar-refractivity contribution is -0.121. The maximum atomic E-state index is 13.6. The zero-order valence-electron chi connectivity index (χ0n) is 20.9. The average molecular weight is 515 g/mol. The summed E-state index contributed by atoms with van der Waals surface area (Å²) in [5.41, 5.74) is 6.69. The lowest BCUT2D eigenvalue weighted by Gasteiger charge is -2.23. The molecule has 8 heteroatoms. The van der Waals surface area contributed by atoms with E-state index in [1.54, 1.807) is 17.1 Å².